The molecule has 1 aromatic carbocycles. The molecule has 2 atom stereocenters. The van der Waals surface area contributed by atoms with Crippen LogP contribution in [0.15, 0.2) is 24.3 Å². The lowest BCUT2D eigenvalue weighted by molar-refractivity contribution is -0.136. The Morgan fingerprint density at radius 1 is 1.15 bits per heavy atom. The van der Waals surface area contributed by atoms with Gasteiger partial charge in [-0.25, -0.2) is 0 Å². The maximum absolute atomic E-state index is 12.8. The first kappa shape index (κ1) is 21.0. The summed E-state index contributed by atoms with van der Waals surface area (Å²) in [5.74, 6) is 0.365. The van der Waals surface area contributed by atoms with Gasteiger partial charge in [-0.3, -0.25) is 9.59 Å². The van der Waals surface area contributed by atoms with Crippen molar-refractivity contribution in [1.82, 2.24) is 15.1 Å². The molecule has 0 spiro atoms. The van der Waals surface area contributed by atoms with Crippen LogP contribution in [0.2, 0.25) is 5.02 Å². The Hall–Kier alpha value is -1.30. The number of carbonyl (C=O) groups excluding carboxylic acids is 2. The smallest absolute Gasteiger partial charge is 0.253 e. The summed E-state index contributed by atoms with van der Waals surface area (Å²) >= 11 is 5.99. The van der Waals surface area contributed by atoms with Gasteiger partial charge in [-0.05, 0) is 50.9 Å². The van der Waals surface area contributed by atoms with Crippen LogP contribution in [0.4, 0.5) is 0 Å². The van der Waals surface area contributed by atoms with Crippen LogP contribution in [-0.2, 0) is 4.79 Å². The van der Waals surface area contributed by atoms with Gasteiger partial charge in [0, 0.05) is 48.7 Å². The minimum absolute atomic E-state index is 0. The number of nitrogens with zero attached hydrogens (tertiary/aromatic N) is 2. The first-order valence-electron chi connectivity index (χ1n) is 9.11. The molecule has 1 aromatic rings. The molecule has 2 aliphatic rings. The summed E-state index contributed by atoms with van der Waals surface area (Å²) in [7, 11) is 0. The summed E-state index contributed by atoms with van der Waals surface area (Å²) in [5, 5.41) is 3.96. The number of halogens is 2. The van der Waals surface area contributed by atoms with Gasteiger partial charge >= 0.3 is 0 Å². The average molecular weight is 400 g/mol. The first-order chi connectivity index (χ1) is 12.0. The molecule has 3 rings (SSSR count). The third kappa shape index (κ3) is 5.12. The third-order valence-corrected chi connectivity index (χ3v) is 5.37. The monoisotopic (exact) mass is 399 g/mol. The van der Waals surface area contributed by atoms with Gasteiger partial charge in [0.05, 0.1) is 0 Å². The quantitative estimate of drug-likeness (QED) is 0.831. The number of benzene rings is 1. The highest BCUT2D eigenvalue weighted by atomic mass is 35.5. The van der Waals surface area contributed by atoms with Crippen LogP contribution in [0.1, 0.15) is 36.5 Å². The normalized spacial score (nSPS) is 23.8. The number of piperidine rings is 1. The van der Waals surface area contributed by atoms with Crippen molar-refractivity contribution in [1.29, 1.82) is 0 Å². The number of amides is 2. The highest BCUT2D eigenvalue weighted by Gasteiger charge is 2.30. The van der Waals surface area contributed by atoms with E-state index in [1.54, 1.807) is 24.3 Å². The summed E-state index contributed by atoms with van der Waals surface area (Å²) in [6.45, 7) is 5.65. The van der Waals surface area contributed by atoms with E-state index in [2.05, 4.69) is 12.2 Å². The highest BCUT2D eigenvalue weighted by molar-refractivity contribution is 6.30. The van der Waals surface area contributed by atoms with Crippen LogP contribution in [-0.4, -0.2) is 60.4 Å². The largest absolute Gasteiger partial charge is 0.341 e. The summed E-state index contributed by atoms with van der Waals surface area (Å²) in [6.07, 6.45) is 2.63. The van der Waals surface area contributed by atoms with Crippen LogP contribution in [0, 0.1) is 5.92 Å². The van der Waals surface area contributed by atoms with Crippen LogP contribution >= 0.6 is 24.0 Å². The fourth-order valence-corrected chi connectivity index (χ4v) is 3.95. The molecule has 2 fully saturated rings. The summed E-state index contributed by atoms with van der Waals surface area (Å²) in [4.78, 5) is 29.3. The van der Waals surface area contributed by atoms with Gasteiger partial charge in [-0.1, -0.05) is 17.7 Å². The van der Waals surface area contributed by atoms with Crippen LogP contribution in [0.5, 0.6) is 0 Å². The zero-order valence-corrected chi connectivity index (χ0v) is 16.7. The zero-order valence-electron chi connectivity index (χ0n) is 15.1. The Balaban J connectivity index is 0.00000243. The zero-order chi connectivity index (χ0) is 17.8. The van der Waals surface area contributed by atoms with E-state index in [4.69, 9.17) is 11.6 Å². The van der Waals surface area contributed by atoms with Gasteiger partial charge in [-0.2, -0.15) is 0 Å². The summed E-state index contributed by atoms with van der Waals surface area (Å²) < 4.78 is 0. The number of carbonyl (C=O) groups is 2. The molecule has 0 bridgehead atoms. The van der Waals surface area contributed by atoms with E-state index in [0.29, 0.717) is 36.3 Å². The number of nitrogens with one attached hydrogen (secondary N) is 1. The highest BCUT2D eigenvalue weighted by Crippen LogP contribution is 2.20. The molecule has 0 aromatic heterocycles. The van der Waals surface area contributed by atoms with Crippen molar-refractivity contribution in [3.8, 4) is 0 Å². The Labute approximate surface area is 166 Å². The lowest BCUT2D eigenvalue weighted by atomic mass is 9.92. The lowest BCUT2D eigenvalue weighted by Gasteiger charge is -2.31. The second-order valence-electron chi connectivity index (χ2n) is 7.06. The maximum atomic E-state index is 12.8. The van der Waals surface area contributed by atoms with Gasteiger partial charge in [0.2, 0.25) is 5.91 Å². The summed E-state index contributed by atoms with van der Waals surface area (Å²) in [5.41, 5.74) is 0.611. The second-order valence-corrected chi connectivity index (χ2v) is 7.49. The fourth-order valence-electron chi connectivity index (χ4n) is 3.76. The third-order valence-electron chi connectivity index (χ3n) is 5.14. The molecule has 7 heteroatoms. The molecule has 144 valence electrons. The van der Waals surface area contributed by atoms with E-state index in [1.807, 2.05) is 9.80 Å². The van der Waals surface area contributed by atoms with E-state index in [9.17, 15) is 9.59 Å². The molecule has 0 saturated carbocycles. The lowest BCUT2D eigenvalue weighted by Crippen LogP contribution is -2.45. The predicted octanol–water partition coefficient (Wildman–Crippen LogP) is 2.82. The van der Waals surface area contributed by atoms with E-state index >= 15 is 0 Å². The Morgan fingerprint density at radius 2 is 1.88 bits per heavy atom. The molecule has 2 saturated heterocycles. The second kappa shape index (κ2) is 9.58. The minimum Gasteiger partial charge on any atom is -0.341 e. The van der Waals surface area contributed by atoms with Crippen molar-refractivity contribution >= 4 is 35.8 Å². The summed E-state index contributed by atoms with van der Waals surface area (Å²) in [6, 6.07) is 7.45. The van der Waals surface area contributed by atoms with Gasteiger partial charge in [-0.15, -0.1) is 12.4 Å². The van der Waals surface area contributed by atoms with Crippen LogP contribution in [0.25, 0.3) is 0 Å². The Bertz CT molecular complexity index is 641. The SMILES string of the molecule is C[C@H]1C[C@@H](C(=O)N2CCCN(C(=O)c3cccc(Cl)c3)CC2)CCN1.Cl. The van der Waals surface area contributed by atoms with Crippen molar-refractivity contribution in [2.45, 2.75) is 32.2 Å². The van der Waals surface area contributed by atoms with Crippen LogP contribution in [0.3, 0.4) is 0 Å². The van der Waals surface area contributed by atoms with Gasteiger partial charge in [0.15, 0.2) is 0 Å². The predicted molar refractivity (Wildman–Crippen MR) is 106 cm³/mol. The molecule has 2 aliphatic heterocycles. The van der Waals surface area contributed by atoms with Crippen LogP contribution < -0.4 is 5.32 Å². The van der Waals surface area contributed by atoms with Gasteiger partial charge in [0.25, 0.3) is 5.91 Å². The molecule has 5 nitrogen and oxygen atoms in total. The van der Waals surface area contributed by atoms with E-state index in [-0.39, 0.29) is 30.1 Å². The molecule has 0 radical (unpaired) electrons. The molecule has 2 amide bonds. The van der Waals surface area contributed by atoms with E-state index < -0.39 is 0 Å². The number of hydrogen-bond acceptors (Lipinski definition) is 3. The Morgan fingerprint density at radius 3 is 2.62 bits per heavy atom. The standard InChI is InChI=1S/C19H26ClN3O2.ClH/c1-14-12-16(6-7-21-14)19(25)23-9-3-8-22(10-11-23)18(24)15-4-2-5-17(20)13-15;/h2,4-5,13-14,16,21H,3,6-12H2,1H3;1H/t14-,16-;/m0./s1. The van der Waals surface area contributed by atoms with E-state index in [1.165, 1.54) is 0 Å². The molecule has 0 aliphatic carbocycles. The van der Waals surface area contributed by atoms with Gasteiger partial charge < -0.3 is 15.1 Å². The topological polar surface area (TPSA) is 52.7 Å². The van der Waals surface area contributed by atoms with Crippen molar-refractivity contribution in [2.24, 2.45) is 5.92 Å². The van der Waals surface area contributed by atoms with Crippen molar-refractivity contribution in [3.05, 3.63) is 34.9 Å². The van der Waals surface area contributed by atoms with Crippen molar-refractivity contribution in [3.63, 3.8) is 0 Å². The number of hydrogen-bond donors (Lipinski definition) is 1. The minimum atomic E-state index is -0.00714. The molecule has 0 unspecified atom stereocenters. The van der Waals surface area contributed by atoms with Crippen molar-refractivity contribution < 1.29 is 9.59 Å². The molecule has 26 heavy (non-hydrogen) atoms. The Kier molecular flexibility index (Phi) is 7.74. The molecule has 1 N–H and O–H groups in total. The van der Waals surface area contributed by atoms with E-state index in [0.717, 1.165) is 32.4 Å². The van der Waals surface area contributed by atoms with Gasteiger partial charge in [0.1, 0.15) is 0 Å². The first-order valence-corrected chi connectivity index (χ1v) is 9.49. The fraction of sp³-hybridized carbons (Fsp3) is 0.579. The van der Waals surface area contributed by atoms with Crippen molar-refractivity contribution in [2.75, 3.05) is 32.7 Å². The molecular weight excluding hydrogens is 373 g/mol. The average Bonchev–Trinajstić information content (AvgIpc) is 2.86. The molecule has 2 heterocycles. The maximum Gasteiger partial charge on any atom is 0.253 e. The molecular formula is C19H27Cl2N3O2. The number of rotatable bonds is 2.